The van der Waals surface area contributed by atoms with Gasteiger partial charge < -0.3 is 20.5 Å². The van der Waals surface area contributed by atoms with E-state index in [-0.39, 0.29) is 5.91 Å². The van der Waals surface area contributed by atoms with Crippen molar-refractivity contribution in [3.63, 3.8) is 0 Å². The number of primary amides is 1. The Balaban J connectivity index is 1.91. The van der Waals surface area contributed by atoms with Crippen LogP contribution in [0.15, 0.2) is 18.2 Å². The number of carbonyl (C=O) groups excluding carboxylic acids is 2. The van der Waals surface area contributed by atoms with E-state index in [4.69, 9.17) is 15.2 Å². The Morgan fingerprint density at radius 3 is 2.62 bits per heavy atom. The van der Waals surface area contributed by atoms with Crippen molar-refractivity contribution in [2.75, 3.05) is 19.5 Å². The van der Waals surface area contributed by atoms with Gasteiger partial charge in [-0.2, -0.15) is 0 Å². The molecule has 6 nitrogen and oxygen atoms in total. The maximum absolute atomic E-state index is 12.7. The highest BCUT2D eigenvalue weighted by Crippen LogP contribution is 2.39. The molecule has 0 spiro atoms. The molecule has 0 radical (unpaired) electrons. The zero-order valence-electron chi connectivity index (χ0n) is 15.0. The fraction of sp³-hybridized carbons (Fsp3) is 0.368. The van der Waals surface area contributed by atoms with E-state index in [0.29, 0.717) is 33.5 Å². The Morgan fingerprint density at radius 2 is 1.96 bits per heavy atom. The van der Waals surface area contributed by atoms with Gasteiger partial charge in [0.15, 0.2) is 11.5 Å². The molecular weight excluding hydrogens is 352 g/mol. The van der Waals surface area contributed by atoms with Gasteiger partial charge in [0.25, 0.3) is 11.8 Å². The number of hydrogen-bond donors (Lipinski definition) is 2. The first-order chi connectivity index (χ1) is 12.4. The van der Waals surface area contributed by atoms with Gasteiger partial charge in [-0.25, -0.2) is 0 Å². The quantitative estimate of drug-likeness (QED) is 0.840. The molecule has 1 aliphatic carbocycles. The molecular formula is C19H22N2O4S. The van der Waals surface area contributed by atoms with Crippen molar-refractivity contribution in [2.24, 2.45) is 11.7 Å². The highest BCUT2D eigenvalue weighted by atomic mass is 32.1. The molecule has 0 bridgehead atoms. The molecule has 3 N–H and O–H groups in total. The van der Waals surface area contributed by atoms with Crippen LogP contribution in [-0.2, 0) is 12.8 Å². The van der Waals surface area contributed by atoms with Crippen molar-refractivity contribution >= 4 is 28.2 Å². The molecule has 3 rings (SSSR count). The molecule has 1 heterocycles. The first-order valence-corrected chi connectivity index (χ1v) is 9.24. The average molecular weight is 374 g/mol. The largest absolute Gasteiger partial charge is 0.493 e. The number of fused-ring (bicyclic) bond motifs is 1. The van der Waals surface area contributed by atoms with E-state index in [1.54, 1.807) is 18.2 Å². The zero-order chi connectivity index (χ0) is 18.8. The van der Waals surface area contributed by atoms with E-state index in [1.165, 1.54) is 25.6 Å². The van der Waals surface area contributed by atoms with Gasteiger partial charge >= 0.3 is 0 Å². The van der Waals surface area contributed by atoms with Crippen molar-refractivity contribution in [3.8, 4) is 11.5 Å². The number of nitrogens with two attached hydrogens (primary N) is 1. The first kappa shape index (κ1) is 18.3. The number of amides is 2. The molecule has 1 atom stereocenters. The third kappa shape index (κ3) is 3.39. The lowest BCUT2D eigenvalue weighted by molar-refractivity contribution is 0.1000. The molecule has 1 aliphatic rings. The Hall–Kier alpha value is -2.54. The number of carbonyl (C=O) groups is 2. The number of hydrogen-bond acceptors (Lipinski definition) is 5. The summed E-state index contributed by atoms with van der Waals surface area (Å²) in [6, 6.07) is 4.92. The minimum Gasteiger partial charge on any atom is -0.493 e. The van der Waals surface area contributed by atoms with E-state index in [1.807, 2.05) is 0 Å². The van der Waals surface area contributed by atoms with Crippen LogP contribution in [0.3, 0.4) is 0 Å². The summed E-state index contributed by atoms with van der Waals surface area (Å²) in [5.74, 6) is 0.757. The van der Waals surface area contributed by atoms with Crippen LogP contribution in [0.5, 0.6) is 11.5 Å². The molecule has 1 aromatic carbocycles. The maximum Gasteiger partial charge on any atom is 0.256 e. The van der Waals surface area contributed by atoms with E-state index in [9.17, 15) is 9.59 Å². The molecule has 2 amide bonds. The standard InChI is InChI=1S/C19H22N2O4S/c1-10-4-6-12-15(8-10)26-19(16(12)17(20)22)21-18(23)11-5-7-13(24-2)14(9-11)25-3/h5,7,9-10H,4,6,8H2,1-3H3,(H2,20,22)(H,21,23)/t10-/m0/s1. The van der Waals surface area contributed by atoms with Crippen LogP contribution in [0.2, 0.25) is 0 Å². The second-order valence-electron chi connectivity index (χ2n) is 6.44. The molecule has 0 aliphatic heterocycles. The smallest absolute Gasteiger partial charge is 0.256 e. The number of rotatable bonds is 5. The Bertz CT molecular complexity index is 859. The van der Waals surface area contributed by atoms with Gasteiger partial charge in [0.05, 0.1) is 19.8 Å². The SMILES string of the molecule is COc1ccc(C(=O)Nc2sc3c(c2C(N)=O)CC[C@H](C)C3)cc1OC. The molecule has 7 heteroatoms. The zero-order valence-corrected chi connectivity index (χ0v) is 15.9. The molecule has 138 valence electrons. The van der Waals surface area contributed by atoms with Crippen LogP contribution in [0.4, 0.5) is 5.00 Å². The average Bonchev–Trinajstić information content (AvgIpc) is 2.97. The van der Waals surface area contributed by atoms with Crippen LogP contribution < -0.4 is 20.5 Å². The number of ether oxygens (including phenoxy) is 2. The lowest BCUT2D eigenvalue weighted by Gasteiger charge is -2.18. The number of methoxy groups -OCH3 is 2. The number of nitrogens with one attached hydrogen (secondary N) is 1. The van der Waals surface area contributed by atoms with Gasteiger partial charge in [0.2, 0.25) is 0 Å². The molecule has 0 saturated heterocycles. The highest BCUT2D eigenvalue weighted by Gasteiger charge is 2.27. The minimum absolute atomic E-state index is 0.319. The summed E-state index contributed by atoms with van der Waals surface area (Å²) in [4.78, 5) is 25.8. The van der Waals surface area contributed by atoms with Crippen molar-refractivity contribution in [1.29, 1.82) is 0 Å². The van der Waals surface area contributed by atoms with Crippen LogP contribution in [0.1, 0.15) is 44.5 Å². The van der Waals surface area contributed by atoms with Crippen LogP contribution in [0, 0.1) is 5.92 Å². The number of thiophene rings is 1. The van der Waals surface area contributed by atoms with E-state index >= 15 is 0 Å². The van der Waals surface area contributed by atoms with E-state index < -0.39 is 5.91 Å². The Labute approximate surface area is 156 Å². The Kier molecular flexibility index (Phi) is 5.18. The van der Waals surface area contributed by atoms with Crippen LogP contribution in [-0.4, -0.2) is 26.0 Å². The van der Waals surface area contributed by atoms with E-state index in [0.717, 1.165) is 29.7 Å². The van der Waals surface area contributed by atoms with Crippen molar-refractivity contribution < 1.29 is 19.1 Å². The molecule has 26 heavy (non-hydrogen) atoms. The fourth-order valence-electron chi connectivity index (χ4n) is 3.25. The molecule has 0 saturated carbocycles. The van der Waals surface area contributed by atoms with Crippen molar-refractivity contribution in [1.82, 2.24) is 0 Å². The van der Waals surface area contributed by atoms with Gasteiger partial charge in [-0.05, 0) is 48.9 Å². The molecule has 0 fully saturated rings. The monoisotopic (exact) mass is 374 g/mol. The molecule has 2 aromatic rings. The van der Waals surface area contributed by atoms with Crippen LogP contribution in [0.25, 0.3) is 0 Å². The van der Waals surface area contributed by atoms with Crippen LogP contribution >= 0.6 is 11.3 Å². The number of anilines is 1. The van der Waals surface area contributed by atoms with Gasteiger partial charge in [0.1, 0.15) is 5.00 Å². The van der Waals surface area contributed by atoms with Crippen molar-refractivity contribution in [2.45, 2.75) is 26.2 Å². The topological polar surface area (TPSA) is 90.6 Å². The second-order valence-corrected chi connectivity index (χ2v) is 7.55. The second kappa shape index (κ2) is 7.37. The first-order valence-electron chi connectivity index (χ1n) is 8.42. The summed E-state index contributed by atoms with van der Waals surface area (Å²) in [6.45, 7) is 2.19. The van der Waals surface area contributed by atoms with Gasteiger partial charge in [-0.1, -0.05) is 6.92 Å². The lowest BCUT2D eigenvalue weighted by Crippen LogP contribution is -2.19. The van der Waals surface area contributed by atoms with Gasteiger partial charge in [0, 0.05) is 10.4 Å². The molecule has 1 aromatic heterocycles. The van der Waals surface area contributed by atoms with Gasteiger partial charge in [-0.15, -0.1) is 11.3 Å². The fourth-order valence-corrected chi connectivity index (χ4v) is 4.66. The summed E-state index contributed by atoms with van der Waals surface area (Å²) in [5, 5.41) is 3.38. The predicted molar refractivity (Wildman–Crippen MR) is 102 cm³/mol. The highest BCUT2D eigenvalue weighted by molar-refractivity contribution is 7.17. The predicted octanol–water partition coefficient (Wildman–Crippen LogP) is 3.24. The third-order valence-electron chi connectivity index (χ3n) is 4.63. The van der Waals surface area contributed by atoms with Gasteiger partial charge in [-0.3, -0.25) is 9.59 Å². The Morgan fingerprint density at radius 1 is 1.23 bits per heavy atom. The number of benzene rings is 1. The third-order valence-corrected chi connectivity index (χ3v) is 5.80. The summed E-state index contributed by atoms with van der Waals surface area (Å²) in [6.07, 6.45) is 2.75. The summed E-state index contributed by atoms with van der Waals surface area (Å²) in [7, 11) is 3.05. The summed E-state index contributed by atoms with van der Waals surface area (Å²) < 4.78 is 10.4. The minimum atomic E-state index is -0.500. The lowest BCUT2D eigenvalue weighted by atomic mass is 9.88. The normalized spacial score (nSPS) is 15.9. The molecule has 0 unspecified atom stereocenters. The summed E-state index contributed by atoms with van der Waals surface area (Å²) in [5.41, 5.74) is 7.45. The van der Waals surface area contributed by atoms with Crippen molar-refractivity contribution in [3.05, 3.63) is 39.8 Å². The van der Waals surface area contributed by atoms with E-state index in [2.05, 4.69) is 12.2 Å². The summed E-state index contributed by atoms with van der Waals surface area (Å²) >= 11 is 1.45. The maximum atomic E-state index is 12.7.